The third-order valence-electron chi connectivity index (χ3n) is 1.91. The first kappa shape index (κ1) is 11.9. The molecule has 2 heterocycles. The summed E-state index contributed by atoms with van der Waals surface area (Å²) in [4.78, 5) is 19.0. The van der Waals surface area contributed by atoms with Gasteiger partial charge in [-0.2, -0.15) is 0 Å². The van der Waals surface area contributed by atoms with Gasteiger partial charge >= 0.3 is 0 Å². The van der Waals surface area contributed by atoms with E-state index in [2.05, 4.69) is 9.97 Å². The molecule has 0 aliphatic heterocycles. The highest BCUT2D eigenvalue weighted by molar-refractivity contribution is 8.01. The van der Waals surface area contributed by atoms with Gasteiger partial charge in [0.2, 0.25) is 5.91 Å². The summed E-state index contributed by atoms with van der Waals surface area (Å²) >= 11 is 2.64. The minimum Gasteiger partial charge on any atom is -0.389 e. The molecule has 0 aromatic carbocycles. The molecule has 17 heavy (non-hydrogen) atoms. The van der Waals surface area contributed by atoms with E-state index in [0.717, 1.165) is 9.90 Å². The minimum atomic E-state index is -0.369. The van der Waals surface area contributed by atoms with Gasteiger partial charge in [-0.3, -0.25) is 9.78 Å². The number of thioether (sulfide) groups is 1. The number of nitrogen functional groups attached to an aromatic ring is 1. The Labute approximate surface area is 106 Å². The first-order chi connectivity index (χ1) is 8.16. The summed E-state index contributed by atoms with van der Waals surface area (Å²) in [5, 5.41) is 0.616. The Balaban J connectivity index is 2.22. The lowest BCUT2D eigenvalue weighted by Crippen LogP contribution is -2.12. The zero-order valence-electron chi connectivity index (χ0n) is 8.79. The Kier molecular flexibility index (Phi) is 3.60. The van der Waals surface area contributed by atoms with E-state index in [4.69, 9.17) is 11.5 Å². The number of amides is 1. The van der Waals surface area contributed by atoms with Gasteiger partial charge < -0.3 is 11.5 Å². The van der Waals surface area contributed by atoms with Gasteiger partial charge in [-0.15, -0.1) is 0 Å². The van der Waals surface area contributed by atoms with Crippen LogP contribution in [0.4, 0.5) is 5.00 Å². The van der Waals surface area contributed by atoms with Crippen molar-refractivity contribution in [2.45, 2.75) is 4.34 Å². The Morgan fingerprint density at radius 1 is 1.53 bits per heavy atom. The lowest BCUT2D eigenvalue weighted by Gasteiger charge is -1.95. The van der Waals surface area contributed by atoms with E-state index < -0.39 is 0 Å². The number of pyridine rings is 1. The molecular formula is C10H10N4OS2. The number of nitrogens with two attached hydrogens (primary N) is 2. The largest absolute Gasteiger partial charge is 0.389 e. The number of primary amides is 1. The maximum atomic E-state index is 10.7. The van der Waals surface area contributed by atoms with Crippen molar-refractivity contribution >= 4 is 34.0 Å². The lowest BCUT2D eigenvalue weighted by molar-refractivity contribution is -0.115. The predicted octanol–water partition coefficient (Wildman–Crippen LogP) is 1.36. The summed E-state index contributed by atoms with van der Waals surface area (Å²) in [5.41, 5.74) is 12.5. The van der Waals surface area contributed by atoms with E-state index in [9.17, 15) is 4.79 Å². The Morgan fingerprint density at radius 2 is 2.35 bits per heavy atom. The molecule has 0 saturated heterocycles. The molecule has 2 aromatic rings. The fourth-order valence-electron chi connectivity index (χ4n) is 1.22. The van der Waals surface area contributed by atoms with Gasteiger partial charge in [0.25, 0.3) is 0 Å². The average Bonchev–Trinajstić information content (AvgIpc) is 2.69. The van der Waals surface area contributed by atoms with E-state index in [-0.39, 0.29) is 11.7 Å². The third kappa shape index (κ3) is 2.95. The Morgan fingerprint density at radius 3 is 3.00 bits per heavy atom. The standard InChI is InChI=1S/C10H10N4OS2/c11-7(15)5-16-10-14-8(9(12)17-10)6-2-1-3-13-4-6/h1-4H,5,12H2,(H2,11,15). The normalized spacial score (nSPS) is 10.4. The smallest absolute Gasteiger partial charge is 0.227 e. The van der Waals surface area contributed by atoms with Crippen LogP contribution in [0.2, 0.25) is 0 Å². The number of carbonyl (C=O) groups excluding carboxylic acids is 1. The number of hydrogen-bond acceptors (Lipinski definition) is 6. The molecule has 2 rings (SSSR count). The van der Waals surface area contributed by atoms with Gasteiger partial charge in [0, 0.05) is 18.0 Å². The van der Waals surface area contributed by atoms with Crippen molar-refractivity contribution in [1.29, 1.82) is 0 Å². The molecule has 0 bridgehead atoms. The highest BCUT2D eigenvalue weighted by Crippen LogP contribution is 2.34. The number of nitrogens with zero attached hydrogens (tertiary/aromatic N) is 2. The summed E-state index contributed by atoms with van der Waals surface area (Å²) < 4.78 is 0.736. The van der Waals surface area contributed by atoms with E-state index >= 15 is 0 Å². The molecule has 2 aromatic heterocycles. The minimum absolute atomic E-state index is 0.208. The molecule has 1 amide bonds. The number of anilines is 1. The van der Waals surface area contributed by atoms with Gasteiger partial charge in [0.15, 0.2) is 4.34 Å². The Hall–Kier alpha value is -1.60. The van der Waals surface area contributed by atoms with Crippen molar-refractivity contribution in [1.82, 2.24) is 9.97 Å². The summed E-state index contributed by atoms with van der Waals surface area (Å²) in [5.74, 6) is -0.161. The van der Waals surface area contributed by atoms with Gasteiger partial charge in [0.05, 0.1) is 5.75 Å². The van der Waals surface area contributed by atoms with Crippen LogP contribution in [0.15, 0.2) is 28.9 Å². The van der Waals surface area contributed by atoms with Crippen LogP contribution in [0.1, 0.15) is 0 Å². The second-order valence-corrected chi connectivity index (χ2v) is 5.44. The number of thiazole rings is 1. The van der Waals surface area contributed by atoms with Crippen LogP contribution in [-0.4, -0.2) is 21.6 Å². The van der Waals surface area contributed by atoms with Crippen molar-refractivity contribution in [2.24, 2.45) is 5.73 Å². The van der Waals surface area contributed by atoms with Gasteiger partial charge in [-0.1, -0.05) is 23.1 Å². The second kappa shape index (κ2) is 5.15. The topological polar surface area (TPSA) is 94.9 Å². The van der Waals surface area contributed by atoms with Crippen LogP contribution >= 0.6 is 23.1 Å². The molecule has 0 unspecified atom stereocenters. The first-order valence-corrected chi connectivity index (χ1v) is 6.55. The first-order valence-electron chi connectivity index (χ1n) is 4.74. The lowest BCUT2D eigenvalue weighted by atomic mass is 10.2. The fraction of sp³-hybridized carbons (Fsp3) is 0.100. The highest BCUT2D eigenvalue weighted by Gasteiger charge is 2.11. The maximum absolute atomic E-state index is 10.7. The molecule has 5 nitrogen and oxygen atoms in total. The molecule has 0 fully saturated rings. The summed E-state index contributed by atoms with van der Waals surface area (Å²) in [6, 6.07) is 3.71. The molecule has 88 valence electrons. The summed E-state index contributed by atoms with van der Waals surface area (Å²) in [6.07, 6.45) is 3.39. The van der Waals surface area contributed by atoms with Crippen molar-refractivity contribution in [3.8, 4) is 11.3 Å². The average molecular weight is 266 g/mol. The number of rotatable bonds is 4. The molecular weight excluding hydrogens is 256 g/mol. The van der Waals surface area contributed by atoms with Crippen LogP contribution in [0.5, 0.6) is 0 Å². The molecule has 0 aliphatic rings. The van der Waals surface area contributed by atoms with Crippen molar-refractivity contribution in [3.05, 3.63) is 24.5 Å². The van der Waals surface area contributed by atoms with Gasteiger partial charge in [-0.05, 0) is 12.1 Å². The van der Waals surface area contributed by atoms with Crippen LogP contribution in [0, 0.1) is 0 Å². The monoisotopic (exact) mass is 266 g/mol. The molecule has 7 heteroatoms. The van der Waals surface area contributed by atoms with Crippen LogP contribution in [-0.2, 0) is 4.79 Å². The molecule has 0 radical (unpaired) electrons. The predicted molar refractivity (Wildman–Crippen MR) is 69.7 cm³/mol. The number of carbonyl (C=O) groups is 1. The second-order valence-electron chi connectivity index (χ2n) is 3.19. The van der Waals surface area contributed by atoms with Gasteiger partial charge in [-0.25, -0.2) is 4.98 Å². The van der Waals surface area contributed by atoms with Crippen molar-refractivity contribution in [3.63, 3.8) is 0 Å². The molecule has 4 N–H and O–H groups in total. The van der Waals surface area contributed by atoms with Crippen molar-refractivity contribution < 1.29 is 4.79 Å². The van der Waals surface area contributed by atoms with Crippen molar-refractivity contribution in [2.75, 3.05) is 11.5 Å². The fourth-order valence-corrected chi connectivity index (χ4v) is 2.90. The Bertz CT molecular complexity index is 526. The van der Waals surface area contributed by atoms with E-state index in [1.54, 1.807) is 12.4 Å². The SMILES string of the molecule is NC(=O)CSc1nc(-c2cccnc2)c(N)s1. The van der Waals surface area contributed by atoms with E-state index in [0.29, 0.717) is 10.7 Å². The number of hydrogen-bond donors (Lipinski definition) is 2. The molecule has 0 spiro atoms. The van der Waals surface area contributed by atoms with Crippen LogP contribution in [0.25, 0.3) is 11.3 Å². The summed E-state index contributed by atoms with van der Waals surface area (Å²) in [7, 11) is 0. The molecule has 0 atom stereocenters. The van der Waals surface area contributed by atoms with Gasteiger partial charge in [0.1, 0.15) is 10.7 Å². The van der Waals surface area contributed by atoms with Crippen LogP contribution in [0.3, 0.4) is 0 Å². The zero-order valence-corrected chi connectivity index (χ0v) is 10.4. The molecule has 0 aliphatic carbocycles. The number of aromatic nitrogens is 2. The maximum Gasteiger partial charge on any atom is 0.227 e. The summed E-state index contributed by atoms with van der Waals surface area (Å²) in [6.45, 7) is 0. The third-order valence-corrected chi connectivity index (χ3v) is 3.96. The zero-order chi connectivity index (χ0) is 12.3. The molecule has 0 saturated carbocycles. The quantitative estimate of drug-likeness (QED) is 0.815. The highest BCUT2D eigenvalue weighted by atomic mass is 32.2. The van der Waals surface area contributed by atoms with E-state index in [1.807, 2.05) is 12.1 Å². The van der Waals surface area contributed by atoms with Crippen LogP contribution < -0.4 is 11.5 Å². The van der Waals surface area contributed by atoms with E-state index in [1.165, 1.54) is 23.1 Å².